The third kappa shape index (κ3) is 3.55. The van der Waals surface area contributed by atoms with E-state index in [0.717, 1.165) is 11.1 Å². The summed E-state index contributed by atoms with van der Waals surface area (Å²) in [5.41, 5.74) is 0.977. The number of hydrogen-bond donors (Lipinski definition) is 2. The van der Waals surface area contributed by atoms with Crippen LogP contribution in [0.3, 0.4) is 0 Å². The van der Waals surface area contributed by atoms with Gasteiger partial charge in [-0.25, -0.2) is 13.1 Å². The molecule has 0 saturated carbocycles. The van der Waals surface area contributed by atoms with E-state index in [4.69, 9.17) is 4.52 Å². The highest BCUT2D eigenvalue weighted by molar-refractivity contribution is 7.89. The Morgan fingerprint density at radius 1 is 1.23 bits per heavy atom. The first-order valence-corrected chi connectivity index (χ1v) is 8.34. The zero-order chi connectivity index (χ0) is 16.5. The van der Waals surface area contributed by atoms with Gasteiger partial charge >= 0.3 is 0 Å². The number of aliphatic hydroxyl groups is 1. The molecule has 1 aromatic carbocycles. The Balaban J connectivity index is 2.13. The Morgan fingerprint density at radius 2 is 1.82 bits per heavy atom. The zero-order valence-corrected chi connectivity index (χ0v) is 13.9. The van der Waals surface area contributed by atoms with Crippen LogP contribution in [0.4, 0.5) is 0 Å². The maximum Gasteiger partial charge on any atom is 0.246 e. The van der Waals surface area contributed by atoms with Gasteiger partial charge in [0.2, 0.25) is 10.0 Å². The van der Waals surface area contributed by atoms with Crippen LogP contribution in [0.5, 0.6) is 0 Å². The fraction of sp³-hybridized carbons (Fsp3) is 0.400. The Bertz CT molecular complexity index is 736. The van der Waals surface area contributed by atoms with E-state index in [-0.39, 0.29) is 17.2 Å². The molecule has 0 spiro atoms. The van der Waals surface area contributed by atoms with Crippen LogP contribution >= 0.6 is 0 Å². The first-order chi connectivity index (χ1) is 10.1. The van der Waals surface area contributed by atoms with Gasteiger partial charge in [0.25, 0.3) is 0 Å². The van der Waals surface area contributed by atoms with Crippen molar-refractivity contribution in [3.8, 4) is 0 Å². The first kappa shape index (κ1) is 16.7. The average Bonchev–Trinajstić information content (AvgIpc) is 2.76. The minimum absolute atomic E-state index is 0.0839. The van der Waals surface area contributed by atoms with Crippen molar-refractivity contribution in [1.82, 2.24) is 9.88 Å². The normalized spacial score (nSPS) is 12.6. The number of aromatic nitrogens is 1. The summed E-state index contributed by atoms with van der Waals surface area (Å²) in [5, 5.41) is 13.6. The van der Waals surface area contributed by atoms with Gasteiger partial charge in [0, 0.05) is 6.54 Å². The van der Waals surface area contributed by atoms with Crippen molar-refractivity contribution in [1.29, 1.82) is 0 Å². The van der Waals surface area contributed by atoms with Crippen molar-refractivity contribution in [2.75, 3.05) is 0 Å². The molecular weight excluding hydrogens is 304 g/mol. The van der Waals surface area contributed by atoms with Gasteiger partial charge in [-0.1, -0.05) is 29.4 Å². The van der Waals surface area contributed by atoms with Gasteiger partial charge in [-0.2, -0.15) is 0 Å². The van der Waals surface area contributed by atoms with Crippen molar-refractivity contribution in [3.05, 3.63) is 46.8 Å². The van der Waals surface area contributed by atoms with E-state index in [1.807, 2.05) is 0 Å². The highest BCUT2D eigenvalue weighted by Crippen LogP contribution is 2.21. The third-order valence-corrected chi connectivity index (χ3v) is 5.01. The lowest BCUT2D eigenvalue weighted by molar-refractivity contribution is 0.0786. The number of nitrogens with one attached hydrogen (secondary N) is 1. The van der Waals surface area contributed by atoms with Crippen molar-refractivity contribution in [2.45, 2.75) is 44.7 Å². The Kier molecular flexibility index (Phi) is 4.42. The summed E-state index contributed by atoms with van der Waals surface area (Å²) in [6.07, 6.45) is 0. The molecule has 1 aromatic heterocycles. The summed E-state index contributed by atoms with van der Waals surface area (Å²) in [6, 6.07) is 7.12. The van der Waals surface area contributed by atoms with Crippen LogP contribution in [0.15, 0.2) is 33.7 Å². The Hall–Kier alpha value is -1.70. The minimum Gasteiger partial charge on any atom is -0.386 e. The molecule has 2 rings (SSSR count). The monoisotopic (exact) mass is 324 g/mol. The van der Waals surface area contributed by atoms with Gasteiger partial charge in [0.1, 0.15) is 10.6 Å². The van der Waals surface area contributed by atoms with Crippen molar-refractivity contribution in [2.24, 2.45) is 0 Å². The molecule has 0 aliphatic carbocycles. The first-order valence-electron chi connectivity index (χ1n) is 6.85. The fourth-order valence-corrected chi connectivity index (χ4v) is 3.48. The van der Waals surface area contributed by atoms with E-state index in [1.165, 1.54) is 0 Å². The summed E-state index contributed by atoms with van der Waals surface area (Å²) in [7, 11) is -3.67. The molecule has 120 valence electrons. The van der Waals surface area contributed by atoms with E-state index >= 15 is 0 Å². The average molecular weight is 324 g/mol. The molecule has 0 amide bonds. The van der Waals surface area contributed by atoms with E-state index in [9.17, 15) is 13.5 Å². The van der Waals surface area contributed by atoms with Gasteiger partial charge in [0.05, 0.1) is 5.60 Å². The van der Waals surface area contributed by atoms with E-state index in [2.05, 4.69) is 9.88 Å². The van der Waals surface area contributed by atoms with Gasteiger partial charge in [-0.05, 0) is 38.8 Å². The number of hydrogen-bond acceptors (Lipinski definition) is 5. The molecule has 0 fully saturated rings. The smallest absolute Gasteiger partial charge is 0.246 e. The molecular formula is C15H20N2O4S. The summed E-state index contributed by atoms with van der Waals surface area (Å²) < 4.78 is 32.0. The van der Waals surface area contributed by atoms with Crippen molar-refractivity contribution < 1.29 is 18.0 Å². The van der Waals surface area contributed by atoms with Crippen LogP contribution < -0.4 is 4.72 Å². The van der Waals surface area contributed by atoms with Crippen molar-refractivity contribution in [3.63, 3.8) is 0 Å². The summed E-state index contributed by atoms with van der Waals surface area (Å²) in [5.74, 6) is 0.266. The SMILES string of the molecule is Cc1noc(C)c1S(=O)(=O)NCc1ccc(C(C)(C)O)cc1. The standard InChI is InChI=1S/C15H20N2O4S/c1-10-14(11(2)21-17-10)22(19,20)16-9-12-5-7-13(8-6-12)15(3,4)18/h5-8,16,18H,9H2,1-4H3. The molecule has 22 heavy (non-hydrogen) atoms. The molecule has 0 bridgehead atoms. The minimum atomic E-state index is -3.67. The number of aryl methyl sites for hydroxylation is 2. The number of rotatable bonds is 5. The maximum absolute atomic E-state index is 12.3. The summed E-state index contributed by atoms with van der Waals surface area (Å²) in [6.45, 7) is 6.69. The second-order valence-corrected chi connectivity index (χ2v) is 7.44. The molecule has 0 radical (unpaired) electrons. The van der Waals surface area contributed by atoms with Crippen LogP contribution in [-0.4, -0.2) is 18.7 Å². The number of sulfonamides is 1. The topological polar surface area (TPSA) is 92.4 Å². The number of nitrogens with zero attached hydrogens (tertiary/aromatic N) is 1. The molecule has 2 N–H and O–H groups in total. The van der Waals surface area contributed by atoms with Gasteiger partial charge in [-0.15, -0.1) is 0 Å². The molecule has 2 aromatic rings. The predicted octanol–water partition coefficient (Wildman–Crippen LogP) is 2.00. The molecule has 0 unspecified atom stereocenters. The second-order valence-electron chi connectivity index (χ2n) is 5.73. The van der Waals surface area contributed by atoms with Gasteiger partial charge in [0.15, 0.2) is 5.76 Å². The fourth-order valence-electron chi connectivity index (χ4n) is 2.14. The molecule has 7 heteroatoms. The van der Waals surface area contributed by atoms with Crippen LogP contribution in [-0.2, 0) is 22.2 Å². The van der Waals surface area contributed by atoms with E-state index in [1.54, 1.807) is 52.0 Å². The predicted molar refractivity (Wildman–Crippen MR) is 81.7 cm³/mol. The molecule has 0 aliphatic rings. The van der Waals surface area contributed by atoms with Crippen LogP contribution in [0.2, 0.25) is 0 Å². The highest BCUT2D eigenvalue weighted by atomic mass is 32.2. The Morgan fingerprint density at radius 3 is 2.27 bits per heavy atom. The second kappa shape index (κ2) is 5.83. The quantitative estimate of drug-likeness (QED) is 0.877. The lowest BCUT2D eigenvalue weighted by Crippen LogP contribution is -2.24. The van der Waals surface area contributed by atoms with Crippen molar-refractivity contribution >= 4 is 10.0 Å². The number of benzene rings is 1. The van der Waals surface area contributed by atoms with Crippen LogP contribution in [0.25, 0.3) is 0 Å². The molecule has 6 nitrogen and oxygen atoms in total. The summed E-state index contributed by atoms with van der Waals surface area (Å²) in [4.78, 5) is 0.0839. The van der Waals surface area contributed by atoms with Crippen LogP contribution in [0.1, 0.15) is 36.4 Å². The van der Waals surface area contributed by atoms with Gasteiger partial charge < -0.3 is 9.63 Å². The van der Waals surface area contributed by atoms with E-state index in [0.29, 0.717) is 5.69 Å². The third-order valence-electron chi connectivity index (χ3n) is 3.36. The Labute approximate surface area is 130 Å². The van der Waals surface area contributed by atoms with Gasteiger partial charge in [-0.3, -0.25) is 0 Å². The maximum atomic E-state index is 12.3. The molecule has 1 heterocycles. The molecule has 0 saturated heterocycles. The summed E-state index contributed by atoms with van der Waals surface area (Å²) >= 11 is 0. The van der Waals surface area contributed by atoms with E-state index < -0.39 is 15.6 Å². The highest BCUT2D eigenvalue weighted by Gasteiger charge is 2.23. The molecule has 0 aliphatic heterocycles. The zero-order valence-electron chi connectivity index (χ0n) is 13.0. The lowest BCUT2D eigenvalue weighted by Gasteiger charge is -2.18. The van der Waals surface area contributed by atoms with Crippen LogP contribution in [0, 0.1) is 13.8 Å². The molecule has 0 atom stereocenters. The lowest BCUT2D eigenvalue weighted by atomic mass is 9.97. The largest absolute Gasteiger partial charge is 0.386 e.